The Hall–Kier alpha value is -1.53. The molecule has 1 saturated heterocycles. The molecule has 1 fully saturated rings. The van der Waals surface area contributed by atoms with Gasteiger partial charge in [0.25, 0.3) is 0 Å². The molecule has 1 aromatic heterocycles. The lowest BCUT2D eigenvalue weighted by molar-refractivity contribution is -0.137. The zero-order valence-corrected chi connectivity index (χ0v) is 14.0. The van der Waals surface area contributed by atoms with E-state index in [0.29, 0.717) is 18.4 Å². The van der Waals surface area contributed by atoms with Crippen LogP contribution in [0.1, 0.15) is 29.9 Å². The van der Waals surface area contributed by atoms with Gasteiger partial charge in [-0.3, -0.25) is 0 Å². The van der Waals surface area contributed by atoms with Gasteiger partial charge in [-0.05, 0) is 78.4 Å². The fourth-order valence-corrected chi connectivity index (χ4v) is 3.97. The number of nitrogens with one attached hydrogen (secondary N) is 1. The van der Waals surface area contributed by atoms with Gasteiger partial charge in [0, 0.05) is 0 Å². The minimum atomic E-state index is -4.34. The summed E-state index contributed by atoms with van der Waals surface area (Å²) < 4.78 is 43.8. The maximum Gasteiger partial charge on any atom is 0.416 e. The SMILES string of the molecule is FC(F)(F)c1cccc(OCC[C@@H]2CNCC[C@H]2c2ccsc2)c1. The molecule has 2 aromatic rings. The molecule has 130 valence electrons. The molecule has 0 radical (unpaired) electrons. The molecule has 1 aliphatic rings. The van der Waals surface area contributed by atoms with Crippen molar-refractivity contribution in [2.24, 2.45) is 5.92 Å². The summed E-state index contributed by atoms with van der Waals surface area (Å²) in [5.74, 6) is 1.22. The molecule has 3 rings (SSSR count). The van der Waals surface area contributed by atoms with Crippen molar-refractivity contribution in [3.8, 4) is 5.75 Å². The molecule has 6 heteroatoms. The Balaban J connectivity index is 1.57. The Morgan fingerprint density at radius 2 is 2.12 bits per heavy atom. The van der Waals surface area contributed by atoms with E-state index >= 15 is 0 Å². The van der Waals surface area contributed by atoms with Crippen LogP contribution in [-0.2, 0) is 6.18 Å². The number of hydrogen-bond donors (Lipinski definition) is 1. The van der Waals surface area contributed by atoms with Gasteiger partial charge in [0.15, 0.2) is 0 Å². The molecule has 1 N–H and O–H groups in total. The minimum Gasteiger partial charge on any atom is -0.494 e. The largest absolute Gasteiger partial charge is 0.494 e. The molecule has 0 amide bonds. The highest BCUT2D eigenvalue weighted by atomic mass is 32.1. The molecule has 1 aromatic carbocycles. The number of thiophene rings is 1. The second kappa shape index (κ2) is 7.57. The predicted octanol–water partition coefficient (Wildman–Crippen LogP) is 4.93. The normalized spacial score (nSPS) is 21.6. The summed E-state index contributed by atoms with van der Waals surface area (Å²) in [4.78, 5) is 0. The van der Waals surface area contributed by atoms with Gasteiger partial charge >= 0.3 is 6.18 Å². The van der Waals surface area contributed by atoms with Crippen LogP contribution in [0.3, 0.4) is 0 Å². The van der Waals surface area contributed by atoms with Crippen molar-refractivity contribution in [2.75, 3.05) is 19.7 Å². The van der Waals surface area contributed by atoms with Gasteiger partial charge in [0.1, 0.15) is 5.75 Å². The van der Waals surface area contributed by atoms with Gasteiger partial charge in [-0.1, -0.05) is 6.07 Å². The Morgan fingerprint density at radius 3 is 2.88 bits per heavy atom. The lowest BCUT2D eigenvalue weighted by Crippen LogP contribution is -2.36. The van der Waals surface area contributed by atoms with E-state index in [-0.39, 0.29) is 5.75 Å². The van der Waals surface area contributed by atoms with Crippen LogP contribution in [0.4, 0.5) is 13.2 Å². The van der Waals surface area contributed by atoms with E-state index in [1.807, 2.05) is 0 Å². The maximum atomic E-state index is 12.7. The van der Waals surface area contributed by atoms with Crippen LogP contribution in [-0.4, -0.2) is 19.7 Å². The summed E-state index contributed by atoms with van der Waals surface area (Å²) in [6, 6.07) is 7.25. The van der Waals surface area contributed by atoms with Crippen LogP contribution in [0.5, 0.6) is 5.75 Å². The second-order valence-electron chi connectivity index (χ2n) is 6.08. The molecule has 0 saturated carbocycles. The third-order valence-electron chi connectivity index (χ3n) is 4.50. The summed E-state index contributed by atoms with van der Waals surface area (Å²) in [5.41, 5.74) is 0.695. The molecule has 0 unspecified atom stereocenters. The number of ether oxygens (including phenoxy) is 1. The number of alkyl halides is 3. The Morgan fingerprint density at radius 1 is 1.25 bits per heavy atom. The first kappa shape index (κ1) is 17.3. The molecule has 2 atom stereocenters. The Labute approximate surface area is 143 Å². The van der Waals surface area contributed by atoms with Crippen LogP contribution in [0.2, 0.25) is 0 Å². The van der Waals surface area contributed by atoms with Gasteiger partial charge < -0.3 is 10.1 Å². The molecular formula is C18H20F3NOS. The van der Waals surface area contributed by atoms with Crippen molar-refractivity contribution in [2.45, 2.75) is 24.9 Å². The average Bonchev–Trinajstić information content (AvgIpc) is 3.09. The number of hydrogen-bond acceptors (Lipinski definition) is 3. The Kier molecular flexibility index (Phi) is 5.46. The van der Waals surface area contributed by atoms with E-state index in [9.17, 15) is 13.2 Å². The van der Waals surface area contributed by atoms with E-state index in [0.717, 1.165) is 38.1 Å². The highest BCUT2D eigenvalue weighted by molar-refractivity contribution is 7.07. The van der Waals surface area contributed by atoms with Crippen molar-refractivity contribution in [3.05, 3.63) is 52.2 Å². The van der Waals surface area contributed by atoms with Crippen LogP contribution >= 0.6 is 11.3 Å². The van der Waals surface area contributed by atoms with E-state index in [1.165, 1.54) is 11.6 Å². The summed E-state index contributed by atoms with van der Waals surface area (Å²) in [7, 11) is 0. The van der Waals surface area contributed by atoms with Gasteiger partial charge in [0.05, 0.1) is 12.2 Å². The zero-order valence-electron chi connectivity index (χ0n) is 13.2. The Bertz CT molecular complexity index is 642. The van der Waals surface area contributed by atoms with Crippen molar-refractivity contribution in [1.29, 1.82) is 0 Å². The van der Waals surface area contributed by atoms with Gasteiger partial charge in [-0.2, -0.15) is 24.5 Å². The van der Waals surface area contributed by atoms with E-state index < -0.39 is 11.7 Å². The van der Waals surface area contributed by atoms with E-state index in [4.69, 9.17) is 4.74 Å². The maximum absolute atomic E-state index is 12.7. The quantitative estimate of drug-likeness (QED) is 0.821. The number of halogens is 3. The number of benzene rings is 1. The fourth-order valence-electron chi connectivity index (χ4n) is 3.24. The molecule has 0 aliphatic carbocycles. The zero-order chi connectivity index (χ0) is 17.0. The summed E-state index contributed by atoms with van der Waals surface area (Å²) >= 11 is 1.70. The van der Waals surface area contributed by atoms with Crippen LogP contribution in [0.25, 0.3) is 0 Å². The predicted molar refractivity (Wildman–Crippen MR) is 89.6 cm³/mol. The highest BCUT2D eigenvalue weighted by Gasteiger charge is 2.31. The average molecular weight is 355 g/mol. The molecular weight excluding hydrogens is 335 g/mol. The van der Waals surface area contributed by atoms with Crippen molar-refractivity contribution in [1.82, 2.24) is 5.32 Å². The molecule has 24 heavy (non-hydrogen) atoms. The van der Waals surface area contributed by atoms with Gasteiger partial charge in [-0.25, -0.2) is 0 Å². The number of piperidine rings is 1. The van der Waals surface area contributed by atoms with Crippen molar-refractivity contribution < 1.29 is 17.9 Å². The first-order valence-corrected chi connectivity index (χ1v) is 9.01. The molecule has 1 aliphatic heterocycles. The standard InChI is InChI=1S/C18H20F3NOS/c19-18(20,21)15-2-1-3-16(10-15)23-8-5-13-11-22-7-4-17(13)14-6-9-24-12-14/h1-3,6,9-10,12-13,17,22H,4-5,7-8,11H2/t13-,17-/m1/s1. The van der Waals surface area contributed by atoms with Crippen LogP contribution in [0.15, 0.2) is 41.1 Å². The minimum absolute atomic E-state index is 0.278. The lowest BCUT2D eigenvalue weighted by Gasteiger charge is -2.32. The molecule has 0 bridgehead atoms. The van der Waals surface area contributed by atoms with Gasteiger partial charge in [0.2, 0.25) is 0 Å². The van der Waals surface area contributed by atoms with E-state index in [1.54, 1.807) is 17.4 Å². The monoisotopic (exact) mass is 355 g/mol. The fraction of sp³-hybridized carbons (Fsp3) is 0.444. The van der Waals surface area contributed by atoms with Gasteiger partial charge in [-0.15, -0.1) is 0 Å². The smallest absolute Gasteiger partial charge is 0.416 e. The topological polar surface area (TPSA) is 21.3 Å². The first-order chi connectivity index (χ1) is 11.5. The van der Waals surface area contributed by atoms with Crippen LogP contribution < -0.4 is 10.1 Å². The van der Waals surface area contributed by atoms with E-state index in [2.05, 4.69) is 22.1 Å². The summed E-state index contributed by atoms with van der Waals surface area (Å²) in [6.45, 7) is 2.35. The summed E-state index contributed by atoms with van der Waals surface area (Å²) in [5, 5.41) is 7.69. The molecule has 2 nitrogen and oxygen atoms in total. The molecule has 0 spiro atoms. The van der Waals surface area contributed by atoms with Crippen molar-refractivity contribution in [3.63, 3.8) is 0 Å². The highest BCUT2D eigenvalue weighted by Crippen LogP contribution is 2.34. The lowest BCUT2D eigenvalue weighted by atomic mass is 9.81. The third-order valence-corrected chi connectivity index (χ3v) is 5.20. The number of rotatable bonds is 5. The van der Waals surface area contributed by atoms with Crippen LogP contribution in [0, 0.1) is 5.92 Å². The summed E-state index contributed by atoms with van der Waals surface area (Å²) in [6.07, 6.45) is -2.43. The first-order valence-electron chi connectivity index (χ1n) is 8.07. The molecule has 2 heterocycles. The second-order valence-corrected chi connectivity index (χ2v) is 6.86. The van der Waals surface area contributed by atoms with Crippen molar-refractivity contribution >= 4 is 11.3 Å². The third kappa shape index (κ3) is 4.30.